The summed E-state index contributed by atoms with van der Waals surface area (Å²) >= 11 is 6.06. The topological polar surface area (TPSA) is 70.9 Å². The summed E-state index contributed by atoms with van der Waals surface area (Å²) in [7, 11) is 0. The predicted molar refractivity (Wildman–Crippen MR) is 111 cm³/mol. The molecule has 2 N–H and O–H groups in total. The molecular weight excluding hydrogens is 374 g/mol. The number of aromatic amines is 1. The molecule has 142 valence electrons. The summed E-state index contributed by atoms with van der Waals surface area (Å²) in [5.74, 6) is -0.838. The Morgan fingerprint density at radius 3 is 2.61 bits per heavy atom. The van der Waals surface area contributed by atoms with Crippen molar-refractivity contribution in [3.8, 4) is 11.3 Å². The largest absolute Gasteiger partial charge is 0.481 e. The van der Waals surface area contributed by atoms with Gasteiger partial charge in [-0.15, -0.1) is 0 Å². The van der Waals surface area contributed by atoms with Gasteiger partial charge in [0.15, 0.2) is 0 Å². The highest BCUT2D eigenvalue weighted by molar-refractivity contribution is 6.31. The lowest BCUT2D eigenvalue weighted by atomic mass is 10.1. The molecule has 2 aromatic heterocycles. The van der Waals surface area contributed by atoms with Crippen LogP contribution < -0.4 is 0 Å². The van der Waals surface area contributed by atoms with Gasteiger partial charge in [0.05, 0.1) is 18.7 Å². The highest BCUT2D eigenvalue weighted by Gasteiger charge is 2.14. The predicted octanol–water partition coefficient (Wildman–Crippen LogP) is 4.98. The van der Waals surface area contributed by atoms with E-state index >= 15 is 0 Å². The van der Waals surface area contributed by atoms with E-state index in [9.17, 15) is 4.79 Å². The van der Waals surface area contributed by atoms with Gasteiger partial charge in [-0.05, 0) is 43.2 Å². The van der Waals surface area contributed by atoms with Crippen molar-refractivity contribution in [2.75, 3.05) is 0 Å². The molecule has 28 heavy (non-hydrogen) atoms. The molecule has 0 amide bonds. The lowest BCUT2D eigenvalue weighted by molar-refractivity contribution is -0.136. The number of nitrogens with one attached hydrogen (secondary N) is 1. The molecule has 0 unspecified atom stereocenters. The number of hydrogen-bond acceptors (Lipinski definition) is 2. The summed E-state index contributed by atoms with van der Waals surface area (Å²) in [6, 6.07) is 16.2. The Bertz CT molecular complexity index is 1170. The first kappa shape index (κ1) is 18.3. The molecule has 0 radical (unpaired) electrons. The van der Waals surface area contributed by atoms with Gasteiger partial charge in [-0.3, -0.25) is 9.48 Å². The lowest BCUT2D eigenvalue weighted by Crippen LogP contribution is -2.06. The van der Waals surface area contributed by atoms with E-state index in [1.165, 1.54) is 0 Å². The molecule has 0 atom stereocenters. The number of aromatic nitrogens is 3. The molecule has 5 nitrogen and oxygen atoms in total. The van der Waals surface area contributed by atoms with E-state index in [4.69, 9.17) is 16.7 Å². The molecule has 0 saturated heterocycles. The van der Waals surface area contributed by atoms with Gasteiger partial charge >= 0.3 is 5.97 Å². The number of fused-ring (bicyclic) bond motifs is 1. The van der Waals surface area contributed by atoms with Crippen LogP contribution in [0.15, 0.2) is 48.5 Å². The average molecular weight is 394 g/mol. The van der Waals surface area contributed by atoms with Crippen LogP contribution in [0, 0.1) is 13.8 Å². The van der Waals surface area contributed by atoms with Crippen LogP contribution in [0.3, 0.4) is 0 Å². The van der Waals surface area contributed by atoms with Crippen LogP contribution in [0.2, 0.25) is 5.02 Å². The second-order valence-corrected chi connectivity index (χ2v) is 7.43. The van der Waals surface area contributed by atoms with Crippen LogP contribution >= 0.6 is 11.6 Å². The van der Waals surface area contributed by atoms with Crippen LogP contribution in [-0.4, -0.2) is 25.8 Å². The fraction of sp³-hybridized carbons (Fsp3) is 0.182. The first-order valence-corrected chi connectivity index (χ1v) is 9.41. The maximum Gasteiger partial charge on any atom is 0.307 e. The number of rotatable bonds is 5. The quantitative estimate of drug-likeness (QED) is 0.502. The summed E-state index contributed by atoms with van der Waals surface area (Å²) in [6.45, 7) is 4.38. The number of hydrogen-bond donors (Lipinski definition) is 2. The molecule has 0 aliphatic rings. The number of carboxylic acid groups (broad SMARTS) is 1. The van der Waals surface area contributed by atoms with Crippen molar-refractivity contribution in [1.82, 2.24) is 14.8 Å². The molecule has 0 saturated carbocycles. The fourth-order valence-electron chi connectivity index (χ4n) is 3.51. The molecular formula is C22H20ClN3O2. The third kappa shape index (κ3) is 3.53. The highest BCUT2D eigenvalue weighted by atomic mass is 35.5. The first-order valence-electron chi connectivity index (χ1n) is 9.03. The maximum absolute atomic E-state index is 11.0. The molecule has 2 heterocycles. The molecule has 0 aliphatic carbocycles. The van der Waals surface area contributed by atoms with Crippen LogP contribution in [-0.2, 0) is 17.8 Å². The van der Waals surface area contributed by atoms with Crippen LogP contribution in [0.1, 0.15) is 22.5 Å². The number of benzene rings is 2. The van der Waals surface area contributed by atoms with Gasteiger partial charge in [-0.2, -0.15) is 5.10 Å². The molecule has 0 bridgehead atoms. The lowest BCUT2D eigenvalue weighted by Gasteiger charge is -2.06. The molecule has 4 rings (SSSR count). The zero-order valence-corrected chi connectivity index (χ0v) is 16.4. The molecule has 2 aromatic carbocycles. The third-order valence-corrected chi connectivity index (χ3v) is 5.28. The number of carbonyl (C=O) groups is 1. The first-order chi connectivity index (χ1) is 13.4. The average Bonchev–Trinajstić information content (AvgIpc) is 3.18. The number of aryl methyl sites for hydroxylation is 1. The Kier molecular flexibility index (Phi) is 4.69. The van der Waals surface area contributed by atoms with E-state index in [2.05, 4.69) is 40.4 Å². The van der Waals surface area contributed by atoms with Crippen LogP contribution in [0.5, 0.6) is 0 Å². The number of nitrogens with zero attached hydrogens (tertiary/aromatic N) is 2. The monoisotopic (exact) mass is 393 g/mol. The van der Waals surface area contributed by atoms with Crippen molar-refractivity contribution in [1.29, 1.82) is 0 Å². The van der Waals surface area contributed by atoms with Crippen molar-refractivity contribution < 1.29 is 9.90 Å². The summed E-state index contributed by atoms with van der Waals surface area (Å²) in [5, 5.41) is 15.4. The van der Waals surface area contributed by atoms with Gasteiger partial charge in [0, 0.05) is 32.9 Å². The number of aliphatic carboxylic acids is 1. The Morgan fingerprint density at radius 1 is 1.14 bits per heavy atom. The molecule has 6 heteroatoms. The van der Waals surface area contributed by atoms with Gasteiger partial charge in [-0.25, -0.2) is 0 Å². The number of H-pyrrole nitrogens is 1. The Hall–Kier alpha value is -3.05. The minimum absolute atomic E-state index is 0.000996. The van der Waals surface area contributed by atoms with Crippen LogP contribution in [0.4, 0.5) is 0 Å². The normalized spacial score (nSPS) is 11.2. The van der Waals surface area contributed by atoms with Gasteiger partial charge in [0.1, 0.15) is 0 Å². The maximum atomic E-state index is 11.0. The minimum Gasteiger partial charge on any atom is -0.481 e. The zero-order valence-electron chi connectivity index (χ0n) is 15.7. The Balaban J connectivity index is 1.57. The van der Waals surface area contributed by atoms with Gasteiger partial charge < -0.3 is 10.1 Å². The van der Waals surface area contributed by atoms with Crippen molar-refractivity contribution in [3.05, 3.63) is 76.1 Å². The van der Waals surface area contributed by atoms with Crippen molar-refractivity contribution in [2.45, 2.75) is 26.8 Å². The Morgan fingerprint density at radius 2 is 1.89 bits per heavy atom. The van der Waals surface area contributed by atoms with E-state index in [1.807, 2.05) is 36.7 Å². The standard InChI is InChI=1S/C22H20ClN3O2/c1-13-19(11-22(27)28)14(2)26(25-13)12-15-3-5-16(6-4-15)20-9-17-7-8-18(23)10-21(17)24-20/h3-10,24H,11-12H2,1-2H3,(H,27,28). The van der Waals surface area contributed by atoms with Crippen LogP contribution in [0.25, 0.3) is 22.2 Å². The van der Waals surface area contributed by atoms with Crippen molar-refractivity contribution in [2.24, 2.45) is 0 Å². The summed E-state index contributed by atoms with van der Waals surface area (Å²) < 4.78 is 1.87. The second-order valence-electron chi connectivity index (χ2n) is 6.99. The highest BCUT2D eigenvalue weighted by Crippen LogP contribution is 2.26. The van der Waals surface area contributed by atoms with Gasteiger partial charge in [0.2, 0.25) is 0 Å². The summed E-state index contributed by atoms with van der Waals surface area (Å²) in [6.07, 6.45) is 0.000996. The van der Waals surface area contributed by atoms with E-state index in [1.54, 1.807) is 0 Å². The zero-order chi connectivity index (χ0) is 19.8. The van der Waals surface area contributed by atoms with E-state index < -0.39 is 5.97 Å². The summed E-state index contributed by atoms with van der Waals surface area (Å²) in [4.78, 5) is 14.5. The number of halogens is 1. The summed E-state index contributed by atoms with van der Waals surface area (Å²) in [5.41, 5.74) is 6.72. The van der Waals surface area contributed by atoms with E-state index in [0.717, 1.165) is 44.7 Å². The van der Waals surface area contributed by atoms with E-state index in [0.29, 0.717) is 11.6 Å². The smallest absolute Gasteiger partial charge is 0.307 e. The van der Waals surface area contributed by atoms with E-state index in [-0.39, 0.29) is 6.42 Å². The molecule has 0 spiro atoms. The third-order valence-electron chi connectivity index (χ3n) is 5.04. The fourth-order valence-corrected chi connectivity index (χ4v) is 3.68. The minimum atomic E-state index is -0.838. The van der Waals surface area contributed by atoms with Crippen molar-refractivity contribution >= 4 is 28.5 Å². The van der Waals surface area contributed by atoms with Crippen molar-refractivity contribution in [3.63, 3.8) is 0 Å². The molecule has 0 fully saturated rings. The molecule has 0 aliphatic heterocycles. The number of carboxylic acids is 1. The van der Waals surface area contributed by atoms with Gasteiger partial charge in [-0.1, -0.05) is 41.9 Å². The second kappa shape index (κ2) is 7.17. The van der Waals surface area contributed by atoms with Gasteiger partial charge in [0.25, 0.3) is 0 Å². The Labute approximate surface area is 167 Å². The SMILES string of the molecule is Cc1nn(Cc2ccc(-c3cc4ccc(Cl)cc4[nH]3)cc2)c(C)c1CC(=O)O. The molecule has 4 aromatic rings.